The Bertz CT molecular complexity index is 1350. The Morgan fingerprint density at radius 3 is 2.83 bits per heavy atom. The predicted octanol–water partition coefficient (Wildman–Crippen LogP) is 6.00. The number of thioether (sulfide) groups is 1. The minimum atomic E-state index is -0.459. The number of fused-ring (bicyclic) bond motifs is 2. The zero-order chi connectivity index (χ0) is 24.4. The summed E-state index contributed by atoms with van der Waals surface area (Å²) in [5.74, 6) is 1.54. The molecule has 5 rings (SSSR count). The lowest BCUT2D eigenvalue weighted by Crippen LogP contribution is -2.31. The largest absolute Gasteiger partial charge is 0.450 e. The molecule has 3 heterocycles. The van der Waals surface area contributed by atoms with Crippen molar-refractivity contribution in [3.8, 4) is 11.5 Å². The number of nitrogens with two attached hydrogens (primary N) is 1. The van der Waals surface area contributed by atoms with Crippen molar-refractivity contribution in [1.29, 1.82) is 0 Å². The number of nitrogens with zero attached hydrogens (tertiary/aromatic N) is 4. The predicted molar refractivity (Wildman–Crippen MR) is 138 cm³/mol. The number of halogens is 2. The molecule has 0 radical (unpaired) electrons. The monoisotopic (exact) mass is 557 g/mol. The first kappa shape index (κ1) is 23.9. The molecular weight excluding hydrogens is 533 g/mol. The molecule has 182 valence electrons. The number of aromatic nitrogens is 4. The van der Waals surface area contributed by atoms with Crippen LogP contribution >= 0.6 is 27.7 Å². The third-order valence-electron chi connectivity index (χ3n) is 5.88. The standard InChI is InChI=1S/C25H25BrFN5O2S/c1-2-3-8-20(24-33-18-10-9-16(26)13-19(18)34-24)35-25-31-21-22(28)29-14-30-23(21)32(25)12-11-15-6-4-5-7-17(15)27/h4-7,9-10,13-14,20,24H,2-3,8,11-12H2,1H3,(H2,28,29,30). The van der Waals surface area contributed by atoms with Crippen LogP contribution in [0.25, 0.3) is 11.2 Å². The number of aryl methyl sites for hydroxylation is 2. The van der Waals surface area contributed by atoms with Gasteiger partial charge in [-0.05, 0) is 42.7 Å². The second-order valence-corrected chi connectivity index (χ2v) is 10.4. The van der Waals surface area contributed by atoms with Crippen LogP contribution in [0.1, 0.15) is 31.7 Å². The molecule has 0 spiro atoms. The van der Waals surface area contributed by atoms with E-state index in [2.05, 4.69) is 32.8 Å². The van der Waals surface area contributed by atoms with Gasteiger partial charge in [0.15, 0.2) is 33.6 Å². The average molecular weight is 558 g/mol. The molecule has 2 aromatic carbocycles. The van der Waals surface area contributed by atoms with Gasteiger partial charge in [0.1, 0.15) is 12.1 Å². The maximum absolute atomic E-state index is 14.3. The van der Waals surface area contributed by atoms with Gasteiger partial charge < -0.3 is 19.8 Å². The Morgan fingerprint density at radius 2 is 2.00 bits per heavy atom. The highest BCUT2D eigenvalue weighted by Crippen LogP contribution is 2.42. The Hall–Kier alpha value is -2.85. The molecule has 0 fully saturated rings. The molecular formula is C25H25BrFN5O2S. The molecule has 0 aliphatic carbocycles. The second-order valence-electron chi connectivity index (χ2n) is 8.31. The van der Waals surface area contributed by atoms with Crippen molar-refractivity contribution in [1.82, 2.24) is 19.5 Å². The van der Waals surface area contributed by atoms with Crippen LogP contribution in [-0.4, -0.2) is 31.1 Å². The molecule has 2 aromatic heterocycles. The van der Waals surface area contributed by atoms with Gasteiger partial charge in [-0.25, -0.2) is 19.3 Å². The molecule has 0 saturated carbocycles. The first-order chi connectivity index (χ1) is 17.0. The highest BCUT2D eigenvalue weighted by atomic mass is 79.9. The third kappa shape index (κ3) is 5.08. The van der Waals surface area contributed by atoms with Crippen molar-refractivity contribution in [3.63, 3.8) is 0 Å². The summed E-state index contributed by atoms with van der Waals surface area (Å²) in [6.07, 6.45) is 4.39. The van der Waals surface area contributed by atoms with E-state index in [4.69, 9.17) is 20.2 Å². The SMILES string of the molecule is CCCCC(Sc1nc2c(N)ncnc2n1CCc1ccccc1F)C1Oc2ccc(Br)cc2O1. The Labute approximate surface area is 215 Å². The number of rotatable bonds is 9. The van der Waals surface area contributed by atoms with Gasteiger partial charge in [0, 0.05) is 11.0 Å². The van der Waals surface area contributed by atoms with Crippen LogP contribution in [0.5, 0.6) is 11.5 Å². The summed E-state index contributed by atoms with van der Waals surface area (Å²) in [4.78, 5) is 13.3. The highest BCUT2D eigenvalue weighted by molar-refractivity contribution is 9.10. The van der Waals surface area contributed by atoms with Gasteiger partial charge in [0.2, 0.25) is 0 Å². The molecule has 10 heteroatoms. The fourth-order valence-electron chi connectivity index (χ4n) is 4.05. The van der Waals surface area contributed by atoms with E-state index in [0.717, 1.165) is 40.4 Å². The van der Waals surface area contributed by atoms with E-state index in [0.29, 0.717) is 35.5 Å². The van der Waals surface area contributed by atoms with Crippen molar-refractivity contribution in [2.24, 2.45) is 0 Å². The van der Waals surface area contributed by atoms with E-state index in [1.165, 1.54) is 12.4 Å². The molecule has 0 bridgehead atoms. The summed E-state index contributed by atoms with van der Waals surface area (Å²) in [5.41, 5.74) is 7.93. The van der Waals surface area contributed by atoms with Gasteiger partial charge >= 0.3 is 0 Å². The number of hydrogen-bond donors (Lipinski definition) is 1. The first-order valence-electron chi connectivity index (χ1n) is 11.5. The fourth-order valence-corrected chi connectivity index (χ4v) is 5.61. The second kappa shape index (κ2) is 10.4. The van der Waals surface area contributed by atoms with Crippen molar-refractivity contribution in [3.05, 3.63) is 64.6 Å². The molecule has 4 aromatic rings. The number of ether oxygens (including phenoxy) is 2. The Morgan fingerprint density at radius 1 is 1.17 bits per heavy atom. The van der Waals surface area contributed by atoms with Crippen molar-refractivity contribution in [2.45, 2.75) is 55.8 Å². The third-order valence-corrected chi connectivity index (χ3v) is 7.66. The van der Waals surface area contributed by atoms with Gasteiger partial charge in [-0.1, -0.05) is 65.7 Å². The van der Waals surface area contributed by atoms with E-state index in [-0.39, 0.29) is 11.1 Å². The van der Waals surface area contributed by atoms with Crippen LogP contribution in [0.4, 0.5) is 10.2 Å². The maximum Gasteiger partial charge on any atom is 0.253 e. The summed E-state index contributed by atoms with van der Waals surface area (Å²) in [5, 5.41) is 0.702. The zero-order valence-corrected chi connectivity index (χ0v) is 21.6. The van der Waals surface area contributed by atoms with E-state index in [1.807, 2.05) is 28.8 Å². The number of hydrogen-bond acceptors (Lipinski definition) is 7. The summed E-state index contributed by atoms with van der Waals surface area (Å²) in [6, 6.07) is 12.6. The number of nitrogen functional groups attached to an aromatic ring is 1. The van der Waals surface area contributed by atoms with Crippen LogP contribution in [0.15, 0.2) is 58.4 Å². The van der Waals surface area contributed by atoms with Crippen molar-refractivity contribution < 1.29 is 13.9 Å². The smallest absolute Gasteiger partial charge is 0.253 e. The van der Waals surface area contributed by atoms with Gasteiger partial charge in [-0.15, -0.1) is 0 Å². The van der Waals surface area contributed by atoms with Crippen LogP contribution in [0.3, 0.4) is 0 Å². The van der Waals surface area contributed by atoms with E-state index in [1.54, 1.807) is 23.9 Å². The van der Waals surface area contributed by atoms with Crippen LogP contribution in [-0.2, 0) is 13.0 Å². The molecule has 35 heavy (non-hydrogen) atoms. The normalized spacial score (nSPS) is 15.6. The number of anilines is 1. The summed E-state index contributed by atoms with van der Waals surface area (Å²) >= 11 is 5.06. The number of imidazole rings is 1. The molecule has 2 unspecified atom stereocenters. The maximum atomic E-state index is 14.3. The highest BCUT2D eigenvalue weighted by Gasteiger charge is 2.34. The molecule has 2 atom stereocenters. The number of unbranched alkanes of at least 4 members (excludes halogenated alkanes) is 1. The summed E-state index contributed by atoms with van der Waals surface area (Å²) in [6.45, 7) is 2.65. The summed E-state index contributed by atoms with van der Waals surface area (Å²) < 4.78 is 29.6. The lowest BCUT2D eigenvalue weighted by atomic mass is 10.1. The minimum absolute atomic E-state index is 0.0284. The lowest BCUT2D eigenvalue weighted by Gasteiger charge is -2.22. The lowest BCUT2D eigenvalue weighted by molar-refractivity contribution is 0.0452. The molecule has 1 aliphatic rings. The minimum Gasteiger partial charge on any atom is -0.450 e. The van der Waals surface area contributed by atoms with Gasteiger partial charge in [-0.2, -0.15) is 0 Å². The summed E-state index contributed by atoms with van der Waals surface area (Å²) in [7, 11) is 0. The van der Waals surface area contributed by atoms with Gasteiger partial charge in [-0.3, -0.25) is 0 Å². The molecule has 0 saturated heterocycles. The number of benzene rings is 2. The average Bonchev–Trinajstić information content (AvgIpc) is 3.43. The molecule has 7 nitrogen and oxygen atoms in total. The van der Waals surface area contributed by atoms with Crippen LogP contribution < -0.4 is 15.2 Å². The zero-order valence-electron chi connectivity index (χ0n) is 19.2. The topological polar surface area (TPSA) is 88.1 Å². The molecule has 1 aliphatic heterocycles. The fraction of sp³-hybridized carbons (Fsp3) is 0.320. The van der Waals surface area contributed by atoms with Crippen LogP contribution in [0, 0.1) is 5.82 Å². The van der Waals surface area contributed by atoms with Crippen molar-refractivity contribution in [2.75, 3.05) is 5.73 Å². The molecule has 0 amide bonds. The van der Waals surface area contributed by atoms with E-state index < -0.39 is 6.29 Å². The molecule has 2 N–H and O–H groups in total. The van der Waals surface area contributed by atoms with Gasteiger partial charge in [0.05, 0.1) is 5.25 Å². The Balaban J connectivity index is 1.45. The Kier molecular flexibility index (Phi) is 7.10. The first-order valence-corrected chi connectivity index (χ1v) is 13.2. The van der Waals surface area contributed by atoms with Gasteiger partial charge in [0.25, 0.3) is 6.29 Å². The van der Waals surface area contributed by atoms with Crippen molar-refractivity contribution >= 4 is 44.7 Å². The van der Waals surface area contributed by atoms with E-state index in [9.17, 15) is 4.39 Å². The van der Waals surface area contributed by atoms with Crippen LogP contribution in [0.2, 0.25) is 0 Å². The van der Waals surface area contributed by atoms with E-state index >= 15 is 0 Å². The quantitative estimate of drug-likeness (QED) is 0.252.